The van der Waals surface area contributed by atoms with Crippen LogP contribution in [0.3, 0.4) is 0 Å². The second-order valence-electron chi connectivity index (χ2n) is 14.1. The second-order valence-corrected chi connectivity index (χ2v) is 14.1. The van der Waals surface area contributed by atoms with Gasteiger partial charge in [-0.2, -0.15) is 0 Å². The Morgan fingerprint density at radius 1 is 0.269 bits per heavy atom. The van der Waals surface area contributed by atoms with Gasteiger partial charge in [0.05, 0.1) is 0 Å². The van der Waals surface area contributed by atoms with Crippen molar-refractivity contribution in [3.05, 3.63) is 248 Å². The van der Waals surface area contributed by atoms with Crippen LogP contribution in [0.5, 0.6) is 0 Å². The molecule has 7 aromatic rings. The van der Waals surface area contributed by atoms with Crippen LogP contribution in [-0.2, 0) is 0 Å². The van der Waals surface area contributed by atoms with E-state index < -0.39 is 0 Å². The smallest absolute Gasteiger partial charge is 0.0340 e. The summed E-state index contributed by atoms with van der Waals surface area (Å²) in [6.07, 6.45) is 8.88. The maximum atomic E-state index is 2.28. The molecule has 7 aromatic carbocycles. The van der Waals surface area contributed by atoms with E-state index >= 15 is 0 Å². The molecule has 0 aliphatic carbocycles. The third kappa shape index (κ3) is 8.31. The van der Waals surface area contributed by atoms with Crippen molar-refractivity contribution in [2.75, 3.05) is 0 Å². The minimum absolute atomic E-state index is 0.190. The molecule has 0 amide bonds. The van der Waals surface area contributed by atoms with Gasteiger partial charge in [-0.15, -0.1) is 0 Å². The van der Waals surface area contributed by atoms with Crippen molar-refractivity contribution in [2.24, 2.45) is 0 Å². The Hall–Kier alpha value is -5.98. The molecule has 0 N–H and O–H groups in total. The van der Waals surface area contributed by atoms with Crippen LogP contribution >= 0.6 is 0 Å². The molecule has 0 spiro atoms. The molecule has 0 nitrogen and oxygen atoms in total. The number of benzene rings is 7. The monoisotopic (exact) mass is 670 g/mol. The molecular formula is C52H46. The summed E-state index contributed by atoms with van der Waals surface area (Å²) in [7, 11) is 0. The van der Waals surface area contributed by atoms with Gasteiger partial charge in [0.15, 0.2) is 0 Å². The zero-order valence-electron chi connectivity index (χ0n) is 30.6. The maximum absolute atomic E-state index is 2.28. The lowest BCUT2D eigenvalue weighted by Crippen LogP contribution is -2.03. The van der Waals surface area contributed by atoms with Gasteiger partial charge in [0.25, 0.3) is 0 Å². The van der Waals surface area contributed by atoms with E-state index in [1.165, 1.54) is 77.9 Å². The first-order valence-corrected chi connectivity index (χ1v) is 18.3. The predicted octanol–water partition coefficient (Wildman–Crippen LogP) is 13.6. The van der Waals surface area contributed by atoms with Crippen molar-refractivity contribution in [3.8, 4) is 0 Å². The van der Waals surface area contributed by atoms with E-state index in [4.69, 9.17) is 0 Å². The van der Waals surface area contributed by atoms with Crippen LogP contribution in [0.4, 0.5) is 0 Å². The molecular weight excluding hydrogens is 625 g/mol. The fraction of sp³-hybridized carbons (Fsp3) is 0.115. The van der Waals surface area contributed by atoms with Crippen molar-refractivity contribution < 1.29 is 0 Å². The lowest BCUT2D eigenvalue weighted by Gasteiger charge is -2.19. The molecule has 52 heavy (non-hydrogen) atoms. The van der Waals surface area contributed by atoms with Crippen molar-refractivity contribution >= 4 is 24.3 Å². The largest absolute Gasteiger partial charge is 0.0616 e. The van der Waals surface area contributed by atoms with Crippen molar-refractivity contribution in [1.29, 1.82) is 0 Å². The molecule has 0 heteroatoms. The van der Waals surface area contributed by atoms with Crippen LogP contribution < -0.4 is 0 Å². The molecule has 7 rings (SSSR count). The Labute approximate surface area is 310 Å². The van der Waals surface area contributed by atoms with Crippen molar-refractivity contribution in [2.45, 2.75) is 39.5 Å². The SMILES string of the molecule is Cc1ccc(C(c2ccc(C)cc2)c2ccc(C=Cc3ccccc3C=Cc3ccc(C(c4ccc(C)cc4)c4ccc(C)cc4)cc3)cc2)cc1. The zero-order valence-corrected chi connectivity index (χ0v) is 30.6. The summed E-state index contributed by atoms with van der Waals surface area (Å²) in [6, 6.07) is 62.5. The fourth-order valence-electron chi connectivity index (χ4n) is 6.98. The molecule has 0 heterocycles. The molecule has 254 valence electrons. The maximum Gasteiger partial charge on any atom is 0.0340 e. The first-order valence-electron chi connectivity index (χ1n) is 18.3. The Kier molecular flexibility index (Phi) is 10.6. The van der Waals surface area contributed by atoms with Crippen LogP contribution in [0.1, 0.15) is 89.7 Å². The highest BCUT2D eigenvalue weighted by Gasteiger charge is 2.18. The van der Waals surface area contributed by atoms with E-state index in [9.17, 15) is 0 Å². The Balaban J connectivity index is 1.09. The summed E-state index contributed by atoms with van der Waals surface area (Å²) in [4.78, 5) is 0. The van der Waals surface area contributed by atoms with Crippen LogP contribution in [0, 0.1) is 27.7 Å². The van der Waals surface area contributed by atoms with E-state index in [0.29, 0.717) is 0 Å². The van der Waals surface area contributed by atoms with Gasteiger partial charge in [0.2, 0.25) is 0 Å². The average molecular weight is 671 g/mol. The van der Waals surface area contributed by atoms with Gasteiger partial charge in [-0.1, -0.05) is 216 Å². The van der Waals surface area contributed by atoms with Crippen LogP contribution in [0.15, 0.2) is 170 Å². The van der Waals surface area contributed by atoms with Gasteiger partial charge in [-0.25, -0.2) is 0 Å². The molecule has 0 bridgehead atoms. The number of aryl methyl sites for hydroxylation is 4. The van der Waals surface area contributed by atoms with Gasteiger partial charge in [0.1, 0.15) is 0 Å². The van der Waals surface area contributed by atoms with E-state index in [1.54, 1.807) is 0 Å². The summed E-state index contributed by atoms with van der Waals surface area (Å²) >= 11 is 0. The van der Waals surface area contributed by atoms with Crippen LogP contribution in [0.2, 0.25) is 0 Å². The summed E-state index contributed by atoms with van der Waals surface area (Å²) in [5, 5.41) is 0. The minimum atomic E-state index is 0.190. The Morgan fingerprint density at radius 3 is 0.750 bits per heavy atom. The molecule has 0 saturated carbocycles. The topological polar surface area (TPSA) is 0 Å². The quantitative estimate of drug-likeness (QED) is 0.100. The summed E-state index contributed by atoms with van der Waals surface area (Å²) in [5.41, 5.74) is 17.7. The van der Waals surface area contributed by atoms with E-state index in [1.807, 2.05) is 0 Å². The predicted molar refractivity (Wildman–Crippen MR) is 224 cm³/mol. The zero-order chi connectivity index (χ0) is 35.9. The van der Waals surface area contributed by atoms with Crippen molar-refractivity contribution in [1.82, 2.24) is 0 Å². The van der Waals surface area contributed by atoms with Crippen LogP contribution in [0.25, 0.3) is 24.3 Å². The van der Waals surface area contributed by atoms with Gasteiger partial charge in [0, 0.05) is 11.8 Å². The van der Waals surface area contributed by atoms with E-state index in [2.05, 4.69) is 222 Å². The van der Waals surface area contributed by atoms with Gasteiger partial charge >= 0.3 is 0 Å². The lowest BCUT2D eigenvalue weighted by atomic mass is 9.84. The Bertz CT molecular complexity index is 2010. The third-order valence-corrected chi connectivity index (χ3v) is 10.1. The first kappa shape index (κ1) is 34.5. The van der Waals surface area contributed by atoms with Crippen molar-refractivity contribution in [3.63, 3.8) is 0 Å². The molecule has 0 radical (unpaired) electrons. The normalized spacial score (nSPS) is 11.7. The molecule has 0 aliphatic rings. The van der Waals surface area contributed by atoms with Gasteiger partial charge in [-0.05, 0) is 83.3 Å². The van der Waals surface area contributed by atoms with Gasteiger partial charge in [-0.3, -0.25) is 0 Å². The van der Waals surface area contributed by atoms with E-state index in [0.717, 1.165) is 0 Å². The second kappa shape index (κ2) is 15.9. The summed E-state index contributed by atoms with van der Waals surface area (Å²) in [6.45, 7) is 8.58. The molecule has 0 fully saturated rings. The average Bonchev–Trinajstić information content (AvgIpc) is 3.18. The number of hydrogen-bond acceptors (Lipinski definition) is 0. The standard InChI is InChI=1S/C52H46/c1-37-9-23-45(24-10-37)51(46-25-11-38(2)12-26-46)49-33-19-41(20-34-49)17-31-43-7-5-6-8-44(43)32-18-42-21-35-50(36-22-42)52(47-27-13-39(3)14-28-47)48-29-15-40(4)16-30-48/h5-36,51-52H,1-4H3. The third-order valence-electron chi connectivity index (χ3n) is 10.1. The van der Waals surface area contributed by atoms with Gasteiger partial charge < -0.3 is 0 Å². The highest BCUT2D eigenvalue weighted by Crippen LogP contribution is 2.34. The highest BCUT2D eigenvalue weighted by atomic mass is 14.2. The van der Waals surface area contributed by atoms with Crippen LogP contribution in [-0.4, -0.2) is 0 Å². The summed E-state index contributed by atoms with van der Waals surface area (Å²) < 4.78 is 0. The van der Waals surface area contributed by atoms with E-state index in [-0.39, 0.29) is 11.8 Å². The molecule has 0 aromatic heterocycles. The highest BCUT2D eigenvalue weighted by molar-refractivity contribution is 5.79. The minimum Gasteiger partial charge on any atom is -0.0616 e. The molecule has 0 unspecified atom stereocenters. The summed E-state index contributed by atoms with van der Waals surface area (Å²) in [5.74, 6) is 0.380. The molecule has 0 saturated heterocycles. The molecule has 0 atom stereocenters. The lowest BCUT2D eigenvalue weighted by molar-refractivity contribution is 0.974. The first-order chi connectivity index (χ1) is 25.4. The number of rotatable bonds is 10. The number of hydrogen-bond donors (Lipinski definition) is 0. The molecule has 0 aliphatic heterocycles. The fourth-order valence-corrected chi connectivity index (χ4v) is 6.98. The Morgan fingerprint density at radius 2 is 0.500 bits per heavy atom.